The van der Waals surface area contributed by atoms with Gasteiger partial charge in [-0.25, -0.2) is 4.67 Å². The van der Waals surface area contributed by atoms with Crippen molar-refractivity contribution in [2.75, 3.05) is 18.2 Å². The normalized spacial score (nSPS) is 18.8. The van der Waals surface area contributed by atoms with Crippen LogP contribution in [0.3, 0.4) is 0 Å². The van der Waals surface area contributed by atoms with Crippen LogP contribution in [0.15, 0.2) is 78.9 Å². The highest BCUT2D eigenvalue weighted by Gasteiger charge is 2.32. The molecule has 1 N–H and O–H groups in total. The first-order valence-electron chi connectivity index (χ1n) is 10.0. The molecule has 1 heterocycles. The maximum atomic E-state index is 12.8. The van der Waals surface area contributed by atoms with Crippen LogP contribution in [-0.4, -0.2) is 28.9 Å². The second kappa shape index (κ2) is 10.3. The molecule has 7 nitrogen and oxygen atoms in total. The minimum absolute atomic E-state index is 0.219. The van der Waals surface area contributed by atoms with Gasteiger partial charge in [0.05, 0.1) is 18.8 Å². The van der Waals surface area contributed by atoms with E-state index >= 15 is 0 Å². The van der Waals surface area contributed by atoms with Gasteiger partial charge >= 0.3 is 0 Å². The standard InChI is InChI=1S/C23H22ClN2O5P/c24-18-6-10-20(11-7-18)31-21-12-8-19(9-13-21)26(28)23(27)16-25-22(14-15-30-32(25)29)17-4-2-1-3-5-17/h1-13,22,28,32H,14-16H2. The third kappa shape index (κ3) is 5.38. The Morgan fingerprint density at radius 2 is 1.69 bits per heavy atom. The Labute approximate surface area is 191 Å². The second-order valence-corrected chi connectivity index (χ2v) is 9.04. The Kier molecular flexibility index (Phi) is 7.25. The Morgan fingerprint density at radius 1 is 1.06 bits per heavy atom. The Hall–Kier alpha value is -2.67. The molecule has 1 saturated heterocycles. The number of hydroxylamine groups is 1. The number of nitrogens with zero attached hydrogens (tertiary/aromatic N) is 2. The number of benzene rings is 3. The molecule has 1 aliphatic heterocycles. The summed E-state index contributed by atoms with van der Waals surface area (Å²) in [5.74, 6) is 0.540. The van der Waals surface area contributed by atoms with Gasteiger partial charge in [0.1, 0.15) is 11.5 Å². The molecule has 1 aliphatic rings. The first-order valence-corrected chi connectivity index (χ1v) is 11.7. The van der Waals surface area contributed by atoms with Gasteiger partial charge in [-0.05, 0) is 60.5 Å². The van der Waals surface area contributed by atoms with Crippen LogP contribution >= 0.6 is 19.8 Å². The lowest BCUT2D eigenvalue weighted by Gasteiger charge is -2.34. The van der Waals surface area contributed by atoms with Crippen LogP contribution in [0.2, 0.25) is 5.02 Å². The fraction of sp³-hybridized carbons (Fsp3) is 0.174. The molecule has 0 radical (unpaired) electrons. The van der Waals surface area contributed by atoms with E-state index in [2.05, 4.69) is 0 Å². The maximum Gasteiger partial charge on any atom is 0.265 e. The topological polar surface area (TPSA) is 79.3 Å². The molecule has 2 unspecified atom stereocenters. The summed E-state index contributed by atoms with van der Waals surface area (Å²) >= 11 is 5.87. The van der Waals surface area contributed by atoms with E-state index in [1.807, 2.05) is 30.3 Å². The zero-order chi connectivity index (χ0) is 22.5. The average Bonchev–Trinajstić information content (AvgIpc) is 2.82. The van der Waals surface area contributed by atoms with Gasteiger partial charge in [0, 0.05) is 11.1 Å². The number of anilines is 1. The molecule has 0 saturated carbocycles. The van der Waals surface area contributed by atoms with E-state index < -0.39 is 14.1 Å². The molecule has 1 amide bonds. The number of ether oxygens (including phenoxy) is 1. The third-order valence-electron chi connectivity index (χ3n) is 5.08. The van der Waals surface area contributed by atoms with E-state index in [9.17, 15) is 14.6 Å². The minimum Gasteiger partial charge on any atom is -0.457 e. The van der Waals surface area contributed by atoms with E-state index in [-0.39, 0.29) is 18.3 Å². The van der Waals surface area contributed by atoms with Gasteiger partial charge in [-0.2, -0.15) is 5.06 Å². The second-order valence-electron chi connectivity index (χ2n) is 7.21. The summed E-state index contributed by atoms with van der Waals surface area (Å²) in [7, 11) is -2.58. The zero-order valence-electron chi connectivity index (χ0n) is 17.1. The van der Waals surface area contributed by atoms with Gasteiger partial charge in [0.15, 0.2) is 0 Å². The molecule has 166 valence electrons. The number of carbonyl (C=O) groups is 1. The zero-order valence-corrected chi connectivity index (χ0v) is 18.8. The Balaban J connectivity index is 1.43. The lowest BCUT2D eigenvalue weighted by Crippen LogP contribution is -2.39. The van der Waals surface area contributed by atoms with Gasteiger partial charge in [0.2, 0.25) is 0 Å². The quantitative estimate of drug-likeness (QED) is 0.281. The number of carbonyl (C=O) groups excluding carboxylic acids is 1. The summed E-state index contributed by atoms with van der Waals surface area (Å²) in [4.78, 5) is 12.8. The van der Waals surface area contributed by atoms with Crippen molar-refractivity contribution in [2.45, 2.75) is 12.5 Å². The number of amides is 1. The summed E-state index contributed by atoms with van der Waals surface area (Å²) in [5, 5.41) is 11.6. The summed E-state index contributed by atoms with van der Waals surface area (Å²) < 4.78 is 25.1. The van der Waals surface area contributed by atoms with Crippen molar-refractivity contribution in [1.82, 2.24) is 4.67 Å². The van der Waals surface area contributed by atoms with E-state index in [0.717, 1.165) is 5.56 Å². The molecule has 0 aromatic heterocycles. The first-order chi connectivity index (χ1) is 15.5. The van der Waals surface area contributed by atoms with E-state index in [1.165, 1.54) is 4.67 Å². The van der Waals surface area contributed by atoms with Crippen LogP contribution in [-0.2, 0) is 13.9 Å². The van der Waals surface area contributed by atoms with Crippen molar-refractivity contribution in [2.24, 2.45) is 0 Å². The van der Waals surface area contributed by atoms with E-state index in [0.29, 0.717) is 34.6 Å². The molecule has 32 heavy (non-hydrogen) atoms. The SMILES string of the molecule is O=C(CN1C(c2ccccc2)CCO[PH]1=O)N(O)c1ccc(Oc2ccc(Cl)cc2)cc1. The molecule has 1 fully saturated rings. The number of hydrogen-bond donors (Lipinski definition) is 1. The molecule has 3 aromatic rings. The first kappa shape index (κ1) is 22.5. The molecule has 4 rings (SSSR count). The number of rotatable bonds is 6. The van der Waals surface area contributed by atoms with Gasteiger partial charge in [-0.15, -0.1) is 0 Å². The monoisotopic (exact) mass is 472 g/mol. The highest BCUT2D eigenvalue weighted by atomic mass is 35.5. The van der Waals surface area contributed by atoms with Gasteiger partial charge in [0.25, 0.3) is 14.1 Å². The largest absolute Gasteiger partial charge is 0.457 e. The van der Waals surface area contributed by atoms with Gasteiger partial charge in [-0.1, -0.05) is 41.9 Å². The summed E-state index contributed by atoms with van der Waals surface area (Å²) in [6.07, 6.45) is 0.607. The molecule has 0 aliphatic carbocycles. The fourth-order valence-electron chi connectivity index (χ4n) is 3.47. The smallest absolute Gasteiger partial charge is 0.265 e. The fourth-order valence-corrected chi connectivity index (χ4v) is 4.85. The molecular formula is C23H22ClN2O5P. The van der Waals surface area contributed by atoms with E-state index in [1.54, 1.807) is 48.5 Å². The Bertz CT molecular complexity index is 1080. The highest BCUT2D eigenvalue weighted by molar-refractivity contribution is 7.36. The molecular weight excluding hydrogens is 451 g/mol. The summed E-state index contributed by atoms with van der Waals surface area (Å²) in [6, 6.07) is 22.7. The lowest BCUT2D eigenvalue weighted by atomic mass is 10.0. The van der Waals surface area contributed by atoms with Crippen molar-refractivity contribution < 1.29 is 23.8 Å². The van der Waals surface area contributed by atoms with Crippen LogP contribution in [0.1, 0.15) is 18.0 Å². The van der Waals surface area contributed by atoms with Crippen LogP contribution in [0.4, 0.5) is 5.69 Å². The molecule has 3 aromatic carbocycles. The van der Waals surface area contributed by atoms with Crippen LogP contribution in [0, 0.1) is 0 Å². The molecule has 0 spiro atoms. The predicted molar refractivity (Wildman–Crippen MR) is 123 cm³/mol. The van der Waals surface area contributed by atoms with Crippen molar-refractivity contribution in [1.29, 1.82) is 0 Å². The van der Waals surface area contributed by atoms with Crippen molar-refractivity contribution in [3.8, 4) is 11.5 Å². The average molecular weight is 473 g/mol. The van der Waals surface area contributed by atoms with Gasteiger partial charge < -0.3 is 9.26 Å². The maximum absolute atomic E-state index is 12.8. The minimum atomic E-state index is -2.58. The van der Waals surface area contributed by atoms with Crippen LogP contribution < -0.4 is 9.80 Å². The lowest BCUT2D eigenvalue weighted by molar-refractivity contribution is -0.124. The number of hydrogen-bond acceptors (Lipinski definition) is 5. The van der Waals surface area contributed by atoms with Gasteiger partial charge in [-0.3, -0.25) is 14.6 Å². The van der Waals surface area contributed by atoms with Crippen molar-refractivity contribution in [3.63, 3.8) is 0 Å². The van der Waals surface area contributed by atoms with E-state index in [4.69, 9.17) is 20.9 Å². The van der Waals surface area contributed by atoms with Crippen molar-refractivity contribution >= 4 is 31.4 Å². The van der Waals surface area contributed by atoms with Crippen LogP contribution in [0.25, 0.3) is 0 Å². The van der Waals surface area contributed by atoms with Crippen molar-refractivity contribution in [3.05, 3.63) is 89.4 Å². The highest BCUT2D eigenvalue weighted by Crippen LogP contribution is 2.43. The summed E-state index contributed by atoms with van der Waals surface area (Å²) in [6.45, 7) is 0.122. The third-order valence-corrected chi connectivity index (χ3v) is 6.73. The van der Waals surface area contributed by atoms with Crippen LogP contribution in [0.5, 0.6) is 11.5 Å². The molecule has 0 bridgehead atoms. The summed E-state index contributed by atoms with van der Waals surface area (Å²) in [5.41, 5.74) is 1.22. The number of halogens is 1. The molecule has 2 atom stereocenters. The predicted octanol–water partition coefficient (Wildman–Crippen LogP) is 5.71. The Morgan fingerprint density at radius 3 is 2.34 bits per heavy atom. The molecule has 9 heteroatoms.